The number of para-hydroxylation sites is 3. The molecule has 5 aromatic rings. The van der Waals surface area contributed by atoms with Crippen molar-refractivity contribution in [2.45, 2.75) is 37.8 Å². The Bertz CT molecular complexity index is 2090. The zero-order chi connectivity index (χ0) is 27.3. The molecule has 2 aliphatic heterocycles. The van der Waals surface area contributed by atoms with Gasteiger partial charge < -0.3 is 14.8 Å². The number of allylic oxidation sites excluding steroid dienone is 4. The second-order valence-electron chi connectivity index (χ2n) is 12.2. The molecular formula is C38H31N3. The summed E-state index contributed by atoms with van der Waals surface area (Å²) in [4.78, 5) is 2.48. The van der Waals surface area contributed by atoms with E-state index in [1.165, 1.54) is 66.4 Å². The first kappa shape index (κ1) is 23.0. The summed E-state index contributed by atoms with van der Waals surface area (Å²) in [7, 11) is 0. The Morgan fingerprint density at radius 3 is 2.46 bits per heavy atom. The van der Waals surface area contributed by atoms with Crippen LogP contribution in [-0.2, 0) is 5.41 Å². The molecule has 0 fully saturated rings. The number of benzene rings is 4. The van der Waals surface area contributed by atoms with Crippen molar-refractivity contribution < 1.29 is 0 Å². The molecule has 2 aliphatic carbocycles. The van der Waals surface area contributed by atoms with Crippen LogP contribution < -0.4 is 20.8 Å². The van der Waals surface area contributed by atoms with Crippen molar-refractivity contribution in [3.05, 3.63) is 148 Å². The van der Waals surface area contributed by atoms with Gasteiger partial charge in [-0.3, -0.25) is 0 Å². The first-order chi connectivity index (χ1) is 20.1. The molecule has 3 heterocycles. The molecule has 0 saturated carbocycles. The molecule has 1 N–H and O–H groups in total. The molecule has 3 heteroatoms. The topological polar surface area (TPSA) is 20.2 Å². The highest BCUT2D eigenvalue weighted by atomic mass is 15.2. The Morgan fingerprint density at radius 2 is 1.56 bits per heavy atom. The fraction of sp³-hybridized carbons (Fsp3) is 0.158. The summed E-state index contributed by atoms with van der Waals surface area (Å²) < 4.78 is 2.59. The van der Waals surface area contributed by atoms with Crippen molar-refractivity contribution in [2.24, 2.45) is 0 Å². The molecule has 198 valence electrons. The zero-order valence-corrected chi connectivity index (χ0v) is 23.3. The standard InChI is InChI=1S/C38H31N3/c1-38(2)30-17-9-6-14-26(30)27-21-20-25(22-31(27)38)40-32-18-10-7-15-28(32)35-34(40)23-39-36-29-16-8-11-19-33(29)41(37(35)36)24-12-4-3-5-13-24/h3-19,21-23,25,36,39H,20H2,1-2H3. The van der Waals surface area contributed by atoms with Gasteiger partial charge in [-0.15, -0.1) is 0 Å². The fourth-order valence-corrected chi connectivity index (χ4v) is 7.92. The van der Waals surface area contributed by atoms with Gasteiger partial charge in [0.1, 0.15) is 0 Å². The van der Waals surface area contributed by atoms with Gasteiger partial charge in [0.2, 0.25) is 0 Å². The summed E-state index contributed by atoms with van der Waals surface area (Å²) in [6.07, 6.45) is 8.30. The van der Waals surface area contributed by atoms with Crippen LogP contribution in [0, 0.1) is 0 Å². The van der Waals surface area contributed by atoms with Gasteiger partial charge in [0.15, 0.2) is 0 Å². The predicted octanol–water partition coefficient (Wildman–Crippen LogP) is 7.23. The average Bonchev–Trinajstić information content (AvgIpc) is 3.61. The first-order valence-corrected chi connectivity index (χ1v) is 14.7. The van der Waals surface area contributed by atoms with Crippen LogP contribution >= 0.6 is 0 Å². The summed E-state index contributed by atoms with van der Waals surface area (Å²) in [5, 5.41) is 7.77. The van der Waals surface area contributed by atoms with E-state index in [9.17, 15) is 0 Å². The maximum Gasteiger partial charge on any atom is 0.0947 e. The quantitative estimate of drug-likeness (QED) is 0.260. The lowest BCUT2D eigenvalue weighted by Gasteiger charge is -2.28. The van der Waals surface area contributed by atoms with Crippen molar-refractivity contribution in [1.29, 1.82) is 0 Å². The number of hydrogen-bond acceptors (Lipinski definition) is 2. The largest absolute Gasteiger partial charge is 0.377 e. The van der Waals surface area contributed by atoms with Crippen molar-refractivity contribution in [1.82, 2.24) is 9.88 Å². The molecule has 0 amide bonds. The van der Waals surface area contributed by atoms with E-state index in [0.29, 0.717) is 0 Å². The van der Waals surface area contributed by atoms with Gasteiger partial charge in [-0.1, -0.05) is 105 Å². The normalized spacial score (nSPS) is 21.1. The third-order valence-corrected chi connectivity index (χ3v) is 9.72. The minimum Gasteiger partial charge on any atom is -0.377 e. The van der Waals surface area contributed by atoms with E-state index in [4.69, 9.17) is 0 Å². The van der Waals surface area contributed by atoms with Crippen molar-refractivity contribution in [2.75, 3.05) is 4.90 Å². The second kappa shape index (κ2) is 8.14. The Morgan fingerprint density at radius 1 is 0.805 bits per heavy atom. The van der Waals surface area contributed by atoms with Gasteiger partial charge in [-0.05, 0) is 53.0 Å². The number of hydrogen-bond donors (Lipinski definition) is 1. The van der Waals surface area contributed by atoms with Gasteiger partial charge in [-0.25, -0.2) is 0 Å². The van der Waals surface area contributed by atoms with Crippen LogP contribution in [0.25, 0.3) is 28.4 Å². The molecule has 2 atom stereocenters. The van der Waals surface area contributed by atoms with Gasteiger partial charge in [0.25, 0.3) is 0 Å². The summed E-state index contributed by atoms with van der Waals surface area (Å²) >= 11 is 0. The van der Waals surface area contributed by atoms with E-state index in [1.807, 2.05) is 0 Å². The molecule has 2 unspecified atom stereocenters. The van der Waals surface area contributed by atoms with E-state index >= 15 is 0 Å². The van der Waals surface area contributed by atoms with Gasteiger partial charge in [0.05, 0.1) is 28.8 Å². The Balaban J connectivity index is 1.32. The van der Waals surface area contributed by atoms with Crippen LogP contribution in [-0.4, -0.2) is 4.57 Å². The minimum absolute atomic E-state index is 0.0108. The van der Waals surface area contributed by atoms with Gasteiger partial charge in [0, 0.05) is 39.0 Å². The molecule has 1 aromatic heterocycles. The smallest absolute Gasteiger partial charge is 0.0947 e. The van der Waals surface area contributed by atoms with Crippen LogP contribution in [0.1, 0.15) is 49.0 Å². The highest BCUT2D eigenvalue weighted by Gasteiger charge is 2.41. The van der Waals surface area contributed by atoms with Gasteiger partial charge >= 0.3 is 0 Å². The molecule has 0 saturated heterocycles. The third kappa shape index (κ3) is 2.98. The number of nitrogens with one attached hydrogen (secondary N) is 1. The van der Waals surface area contributed by atoms with Gasteiger partial charge in [-0.2, -0.15) is 0 Å². The molecular weight excluding hydrogens is 498 g/mol. The molecule has 4 aliphatic rings. The summed E-state index contributed by atoms with van der Waals surface area (Å²) in [5.74, 6) is 0. The van der Waals surface area contributed by atoms with E-state index in [1.54, 1.807) is 0 Å². The average molecular weight is 530 g/mol. The molecule has 41 heavy (non-hydrogen) atoms. The van der Waals surface area contributed by atoms with Crippen LogP contribution in [0.2, 0.25) is 0 Å². The second-order valence-corrected chi connectivity index (χ2v) is 12.2. The fourth-order valence-electron chi connectivity index (χ4n) is 7.92. The van der Waals surface area contributed by atoms with E-state index in [2.05, 4.69) is 150 Å². The molecule has 9 rings (SSSR count). The zero-order valence-electron chi connectivity index (χ0n) is 23.3. The predicted molar refractivity (Wildman–Crippen MR) is 169 cm³/mol. The minimum atomic E-state index is -0.0108. The Kier molecular flexibility index (Phi) is 4.57. The Hall–Kier alpha value is -4.76. The van der Waals surface area contributed by atoms with Crippen molar-refractivity contribution in [3.8, 4) is 0 Å². The highest BCUT2D eigenvalue weighted by molar-refractivity contribution is 5.96. The molecule has 0 bridgehead atoms. The molecule has 0 radical (unpaired) electrons. The molecule has 0 spiro atoms. The monoisotopic (exact) mass is 529 g/mol. The molecule has 4 aromatic carbocycles. The third-order valence-electron chi connectivity index (χ3n) is 9.72. The lowest BCUT2D eigenvalue weighted by Crippen LogP contribution is -2.43. The van der Waals surface area contributed by atoms with E-state index in [0.717, 1.165) is 6.42 Å². The lowest BCUT2D eigenvalue weighted by atomic mass is 9.79. The number of fused-ring (bicyclic) bond motifs is 9. The number of anilines is 2. The SMILES string of the molecule is CC1(C)C2=CC(n3c4c(c5ccccc53)=C3C(NC=4)c4ccccc4N3c3ccccc3)CC=C2c2ccccc21. The van der Waals surface area contributed by atoms with E-state index in [-0.39, 0.29) is 17.5 Å². The highest BCUT2D eigenvalue weighted by Crippen LogP contribution is 2.52. The Labute approximate surface area is 240 Å². The lowest BCUT2D eigenvalue weighted by molar-refractivity contribution is 0.583. The van der Waals surface area contributed by atoms with Crippen molar-refractivity contribution in [3.63, 3.8) is 0 Å². The van der Waals surface area contributed by atoms with Crippen LogP contribution in [0.15, 0.2) is 121 Å². The van der Waals surface area contributed by atoms with Crippen LogP contribution in [0.3, 0.4) is 0 Å². The number of rotatable bonds is 2. The summed E-state index contributed by atoms with van der Waals surface area (Å²) in [6.45, 7) is 4.76. The first-order valence-electron chi connectivity index (χ1n) is 14.7. The number of aromatic nitrogens is 1. The van der Waals surface area contributed by atoms with Crippen molar-refractivity contribution >= 4 is 39.7 Å². The van der Waals surface area contributed by atoms with Crippen LogP contribution in [0.5, 0.6) is 0 Å². The maximum atomic E-state index is 3.85. The summed E-state index contributed by atoms with van der Waals surface area (Å²) in [6, 6.07) is 37.9. The maximum absolute atomic E-state index is 3.85. The summed E-state index contributed by atoms with van der Waals surface area (Å²) in [5.41, 5.74) is 12.1. The van der Waals surface area contributed by atoms with E-state index < -0.39 is 0 Å². The number of nitrogens with zero attached hydrogens (tertiary/aromatic N) is 2. The molecule has 3 nitrogen and oxygen atoms in total. The van der Waals surface area contributed by atoms with Crippen LogP contribution in [0.4, 0.5) is 11.4 Å².